The summed E-state index contributed by atoms with van der Waals surface area (Å²) in [6, 6.07) is 11.6. The summed E-state index contributed by atoms with van der Waals surface area (Å²) in [5.74, 6) is -0.808. The number of rotatable bonds is 7. The predicted octanol–water partition coefficient (Wildman–Crippen LogP) is 3.22. The molecule has 1 amide bonds. The number of pyridine rings is 1. The van der Waals surface area contributed by atoms with Crippen molar-refractivity contribution in [2.24, 2.45) is 0 Å². The number of amides is 1. The van der Waals surface area contributed by atoms with Crippen LogP contribution in [0.3, 0.4) is 0 Å². The number of ether oxygens (including phenoxy) is 1. The molecule has 2 heterocycles. The van der Waals surface area contributed by atoms with Gasteiger partial charge in [0.2, 0.25) is 0 Å². The monoisotopic (exact) mass is 380 g/mol. The molecule has 0 bridgehead atoms. The topological polar surface area (TPSA) is 77.3 Å². The Morgan fingerprint density at radius 3 is 2.61 bits per heavy atom. The van der Waals surface area contributed by atoms with Gasteiger partial charge in [-0.3, -0.25) is 4.79 Å². The Morgan fingerprint density at radius 2 is 1.93 bits per heavy atom. The number of carbonyl (C=O) groups excluding carboxylic acids is 2. The van der Waals surface area contributed by atoms with E-state index in [-0.39, 0.29) is 18.6 Å². The molecule has 7 heteroatoms. The summed E-state index contributed by atoms with van der Waals surface area (Å²) in [4.78, 5) is 30.7. The summed E-state index contributed by atoms with van der Waals surface area (Å²) in [7, 11) is 0. The van der Waals surface area contributed by atoms with E-state index in [1.54, 1.807) is 21.8 Å². The molecule has 0 unspecified atom stereocenters. The Kier molecular flexibility index (Phi) is 6.03. The van der Waals surface area contributed by atoms with Crippen LogP contribution in [0.25, 0.3) is 11.0 Å². The van der Waals surface area contributed by atoms with E-state index >= 15 is 0 Å². The van der Waals surface area contributed by atoms with Crippen LogP contribution >= 0.6 is 0 Å². The molecule has 2 aromatic heterocycles. The summed E-state index contributed by atoms with van der Waals surface area (Å²) in [5.41, 5.74) is 2.04. The number of carbonyl (C=O) groups is 2. The summed E-state index contributed by atoms with van der Waals surface area (Å²) >= 11 is 0. The van der Waals surface area contributed by atoms with Crippen LogP contribution in [0.1, 0.15) is 42.7 Å². The molecule has 146 valence electrons. The number of hydrogen-bond acceptors (Lipinski definition) is 5. The average molecular weight is 380 g/mol. The molecular weight excluding hydrogens is 356 g/mol. The van der Waals surface area contributed by atoms with Crippen LogP contribution in [0, 0.1) is 0 Å². The van der Waals surface area contributed by atoms with Gasteiger partial charge >= 0.3 is 5.97 Å². The third-order valence-corrected chi connectivity index (χ3v) is 4.44. The van der Waals surface area contributed by atoms with Crippen molar-refractivity contribution in [2.45, 2.75) is 33.4 Å². The van der Waals surface area contributed by atoms with E-state index < -0.39 is 5.97 Å². The molecule has 3 aromatic rings. The second kappa shape index (κ2) is 8.65. The molecular formula is C21H24N4O3. The molecule has 0 saturated carbocycles. The Labute approximate surface area is 163 Å². The largest absolute Gasteiger partial charge is 0.452 e. The predicted molar refractivity (Wildman–Crippen MR) is 106 cm³/mol. The number of aromatic nitrogens is 3. The van der Waals surface area contributed by atoms with Crippen LogP contribution in [0.2, 0.25) is 0 Å². The van der Waals surface area contributed by atoms with Gasteiger partial charge in [-0.15, -0.1) is 0 Å². The van der Waals surface area contributed by atoms with Gasteiger partial charge in [-0.2, -0.15) is 5.10 Å². The van der Waals surface area contributed by atoms with Crippen molar-refractivity contribution in [3.63, 3.8) is 0 Å². The van der Waals surface area contributed by atoms with Crippen LogP contribution in [0.5, 0.6) is 0 Å². The molecule has 0 fully saturated rings. The minimum atomic E-state index is -0.573. The van der Waals surface area contributed by atoms with E-state index in [1.807, 2.05) is 51.1 Å². The number of fused-ring (bicyclic) bond motifs is 1. The first-order valence-electron chi connectivity index (χ1n) is 9.31. The van der Waals surface area contributed by atoms with E-state index in [2.05, 4.69) is 10.1 Å². The summed E-state index contributed by atoms with van der Waals surface area (Å²) in [5, 5.41) is 5.04. The highest BCUT2D eigenvalue weighted by atomic mass is 16.5. The Bertz CT molecular complexity index is 966. The fraction of sp³-hybridized carbons (Fsp3) is 0.333. The highest BCUT2D eigenvalue weighted by molar-refractivity contribution is 5.94. The number of nitrogens with zero attached hydrogens (tertiary/aromatic N) is 4. The van der Waals surface area contributed by atoms with Gasteiger partial charge in [0.25, 0.3) is 5.91 Å². The smallest absolute Gasteiger partial charge is 0.340 e. The maximum atomic E-state index is 12.4. The molecule has 3 rings (SSSR count). The summed E-state index contributed by atoms with van der Waals surface area (Å²) < 4.78 is 7.00. The molecule has 0 aliphatic rings. The standard InChI is InChI=1S/C21H24N4O3/c1-4-24(13-16-8-6-5-7-9-16)19(26)14-28-21(27)18-10-17-12-23-25(15(2)3)20(17)22-11-18/h5-12,15H,4,13-14H2,1-3H3. The van der Waals surface area contributed by atoms with Crippen LogP contribution in [-0.2, 0) is 16.1 Å². The van der Waals surface area contributed by atoms with Crippen LogP contribution in [-0.4, -0.2) is 44.7 Å². The van der Waals surface area contributed by atoms with E-state index in [9.17, 15) is 9.59 Å². The lowest BCUT2D eigenvalue weighted by molar-refractivity contribution is -0.134. The highest BCUT2D eigenvalue weighted by Crippen LogP contribution is 2.17. The molecule has 0 N–H and O–H groups in total. The van der Waals surface area contributed by atoms with Gasteiger partial charge in [0, 0.05) is 30.7 Å². The van der Waals surface area contributed by atoms with Crippen LogP contribution in [0.4, 0.5) is 0 Å². The Hall–Kier alpha value is -3.22. The van der Waals surface area contributed by atoms with Gasteiger partial charge in [0.15, 0.2) is 12.3 Å². The van der Waals surface area contributed by atoms with Crippen molar-refractivity contribution in [1.29, 1.82) is 0 Å². The first kappa shape index (κ1) is 19.5. The van der Waals surface area contributed by atoms with Crippen molar-refractivity contribution in [2.75, 3.05) is 13.2 Å². The van der Waals surface area contributed by atoms with Gasteiger partial charge in [-0.25, -0.2) is 14.5 Å². The lowest BCUT2D eigenvalue weighted by Crippen LogP contribution is -2.34. The maximum absolute atomic E-state index is 12.4. The van der Waals surface area contributed by atoms with Crippen LogP contribution in [0.15, 0.2) is 48.8 Å². The molecule has 0 radical (unpaired) electrons. The highest BCUT2D eigenvalue weighted by Gasteiger charge is 2.17. The molecule has 0 aliphatic carbocycles. The fourth-order valence-corrected chi connectivity index (χ4v) is 2.91. The lowest BCUT2D eigenvalue weighted by Gasteiger charge is -2.20. The fourth-order valence-electron chi connectivity index (χ4n) is 2.91. The first-order chi connectivity index (χ1) is 13.5. The average Bonchev–Trinajstić information content (AvgIpc) is 3.14. The lowest BCUT2D eigenvalue weighted by atomic mass is 10.2. The number of esters is 1. The first-order valence-corrected chi connectivity index (χ1v) is 9.31. The molecule has 1 aromatic carbocycles. The van der Waals surface area contributed by atoms with Gasteiger partial charge < -0.3 is 9.64 Å². The van der Waals surface area contributed by atoms with Crippen molar-refractivity contribution in [1.82, 2.24) is 19.7 Å². The maximum Gasteiger partial charge on any atom is 0.340 e. The third-order valence-electron chi connectivity index (χ3n) is 4.44. The zero-order valence-electron chi connectivity index (χ0n) is 16.3. The van der Waals surface area contributed by atoms with Crippen molar-refractivity contribution >= 4 is 22.9 Å². The number of likely N-dealkylation sites (N-methyl/N-ethyl adjacent to an activating group) is 1. The normalized spacial score (nSPS) is 11.0. The Balaban J connectivity index is 1.62. The molecule has 0 saturated heterocycles. The number of benzene rings is 1. The van der Waals surface area contributed by atoms with Gasteiger partial charge in [0.05, 0.1) is 11.8 Å². The van der Waals surface area contributed by atoms with Crippen molar-refractivity contribution < 1.29 is 14.3 Å². The van der Waals surface area contributed by atoms with E-state index in [1.165, 1.54) is 6.20 Å². The minimum absolute atomic E-state index is 0.171. The van der Waals surface area contributed by atoms with E-state index in [4.69, 9.17) is 4.74 Å². The quantitative estimate of drug-likeness (QED) is 0.588. The molecule has 28 heavy (non-hydrogen) atoms. The molecule has 0 aliphatic heterocycles. The van der Waals surface area contributed by atoms with Gasteiger partial charge in [-0.05, 0) is 32.4 Å². The van der Waals surface area contributed by atoms with Gasteiger partial charge in [0.1, 0.15) is 0 Å². The summed E-state index contributed by atoms with van der Waals surface area (Å²) in [6.45, 7) is 6.63. The zero-order valence-corrected chi connectivity index (χ0v) is 16.3. The second-order valence-corrected chi connectivity index (χ2v) is 6.79. The molecule has 0 spiro atoms. The van der Waals surface area contributed by atoms with Crippen molar-refractivity contribution in [3.8, 4) is 0 Å². The molecule has 7 nitrogen and oxygen atoms in total. The van der Waals surface area contributed by atoms with Crippen molar-refractivity contribution in [3.05, 3.63) is 59.9 Å². The van der Waals surface area contributed by atoms with Gasteiger partial charge in [-0.1, -0.05) is 30.3 Å². The minimum Gasteiger partial charge on any atom is -0.452 e. The summed E-state index contributed by atoms with van der Waals surface area (Å²) in [6.07, 6.45) is 3.13. The molecule has 0 atom stereocenters. The SMILES string of the molecule is CCN(Cc1ccccc1)C(=O)COC(=O)c1cnc2c(cnn2C(C)C)c1. The van der Waals surface area contributed by atoms with E-state index in [0.29, 0.717) is 24.3 Å². The second-order valence-electron chi connectivity index (χ2n) is 6.79. The third kappa shape index (κ3) is 4.36. The zero-order chi connectivity index (χ0) is 20.1. The Morgan fingerprint density at radius 1 is 1.18 bits per heavy atom. The number of hydrogen-bond donors (Lipinski definition) is 0. The van der Waals surface area contributed by atoms with E-state index in [0.717, 1.165) is 10.9 Å². The van der Waals surface area contributed by atoms with Crippen LogP contribution < -0.4 is 0 Å².